The van der Waals surface area contributed by atoms with Crippen LogP contribution in [0.5, 0.6) is 0 Å². The Morgan fingerprint density at radius 2 is 2.22 bits per heavy atom. The molecule has 0 aliphatic carbocycles. The van der Waals surface area contributed by atoms with Crippen LogP contribution >= 0.6 is 0 Å². The van der Waals surface area contributed by atoms with Gasteiger partial charge < -0.3 is 9.88 Å². The third kappa shape index (κ3) is 2.31. The van der Waals surface area contributed by atoms with Gasteiger partial charge in [-0.25, -0.2) is 4.98 Å². The highest BCUT2D eigenvalue weighted by molar-refractivity contribution is 5.03. The first-order valence-electron chi connectivity index (χ1n) is 7.24. The van der Waals surface area contributed by atoms with Gasteiger partial charge in [0.05, 0.1) is 18.1 Å². The van der Waals surface area contributed by atoms with E-state index in [-0.39, 0.29) is 0 Å². The average Bonchev–Trinajstić information content (AvgIpc) is 3.01. The number of fused-ring (bicyclic) bond motifs is 1. The number of aromatic nitrogens is 2. The predicted octanol–water partition coefficient (Wildman–Crippen LogP) is 1.79. The summed E-state index contributed by atoms with van der Waals surface area (Å²) in [4.78, 5) is 7.18. The summed E-state index contributed by atoms with van der Waals surface area (Å²) in [7, 11) is 0. The van der Waals surface area contributed by atoms with Crippen LogP contribution in [0.4, 0.5) is 0 Å². The van der Waals surface area contributed by atoms with Crippen molar-refractivity contribution in [2.75, 3.05) is 13.1 Å². The molecule has 18 heavy (non-hydrogen) atoms. The zero-order chi connectivity index (χ0) is 12.5. The molecule has 0 bridgehead atoms. The summed E-state index contributed by atoms with van der Waals surface area (Å²) in [5.41, 5.74) is 1.17. The number of nitrogens with zero attached hydrogens (tertiary/aromatic N) is 3. The Kier molecular flexibility index (Phi) is 3.39. The number of hydrogen-bond acceptors (Lipinski definition) is 3. The van der Waals surface area contributed by atoms with E-state index in [0.717, 1.165) is 12.6 Å². The predicted molar refractivity (Wildman–Crippen MR) is 72.5 cm³/mol. The van der Waals surface area contributed by atoms with Gasteiger partial charge in [0.2, 0.25) is 0 Å². The highest BCUT2D eigenvalue weighted by atomic mass is 15.3. The van der Waals surface area contributed by atoms with Crippen LogP contribution in [0.25, 0.3) is 0 Å². The van der Waals surface area contributed by atoms with Crippen LogP contribution in [0.3, 0.4) is 0 Å². The van der Waals surface area contributed by atoms with Gasteiger partial charge in [-0.1, -0.05) is 13.8 Å². The van der Waals surface area contributed by atoms with Gasteiger partial charge in [-0.3, -0.25) is 4.90 Å². The Labute approximate surface area is 109 Å². The zero-order valence-corrected chi connectivity index (χ0v) is 11.5. The monoisotopic (exact) mass is 248 g/mol. The molecule has 2 atom stereocenters. The molecule has 1 N–H and O–H groups in total. The van der Waals surface area contributed by atoms with E-state index < -0.39 is 0 Å². The molecule has 2 aliphatic heterocycles. The van der Waals surface area contributed by atoms with Crippen molar-refractivity contribution in [1.82, 2.24) is 19.8 Å². The number of hydrogen-bond donors (Lipinski definition) is 1. The Hall–Kier alpha value is -0.870. The van der Waals surface area contributed by atoms with Gasteiger partial charge in [0.15, 0.2) is 0 Å². The molecule has 4 nitrogen and oxygen atoms in total. The van der Waals surface area contributed by atoms with Crippen LogP contribution in [0.15, 0.2) is 12.5 Å². The third-order valence-corrected chi connectivity index (χ3v) is 4.30. The van der Waals surface area contributed by atoms with E-state index >= 15 is 0 Å². The second kappa shape index (κ2) is 5.02. The second-order valence-corrected chi connectivity index (χ2v) is 5.95. The SMILES string of the molecule is CC(C)NCc1cn(C2CCN3CCCC23)cn1. The Morgan fingerprint density at radius 1 is 1.33 bits per heavy atom. The van der Waals surface area contributed by atoms with Crippen LogP contribution in [-0.4, -0.2) is 39.6 Å². The van der Waals surface area contributed by atoms with Gasteiger partial charge in [0.25, 0.3) is 0 Å². The average molecular weight is 248 g/mol. The van der Waals surface area contributed by atoms with Gasteiger partial charge in [-0.15, -0.1) is 0 Å². The van der Waals surface area contributed by atoms with Crippen LogP contribution < -0.4 is 5.32 Å². The van der Waals surface area contributed by atoms with Crippen molar-refractivity contribution >= 4 is 0 Å². The number of imidazole rings is 1. The number of rotatable bonds is 4. The first-order chi connectivity index (χ1) is 8.74. The second-order valence-electron chi connectivity index (χ2n) is 5.95. The van der Waals surface area contributed by atoms with Crippen molar-refractivity contribution in [2.45, 2.75) is 57.8 Å². The molecule has 0 spiro atoms. The quantitative estimate of drug-likeness (QED) is 0.882. The van der Waals surface area contributed by atoms with Gasteiger partial charge >= 0.3 is 0 Å². The number of nitrogens with one attached hydrogen (secondary N) is 1. The molecule has 3 heterocycles. The van der Waals surface area contributed by atoms with E-state index in [1.807, 2.05) is 6.33 Å². The van der Waals surface area contributed by atoms with Gasteiger partial charge in [-0.05, 0) is 25.8 Å². The fourth-order valence-corrected chi connectivity index (χ4v) is 3.36. The van der Waals surface area contributed by atoms with Crippen LogP contribution in [0, 0.1) is 0 Å². The normalized spacial score (nSPS) is 28.2. The molecule has 0 amide bonds. The lowest BCUT2D eigenvalue weighted by Crippen LogP contribution is -2.27. The molecule has 2 fully saturated rings. The Balaban J connectivity index is 1.66. The summed E-state index contributed by atoms with van der Waals surface area (Å²) in [5, 5.41) is 3.43. The highest BCUT2D eigenvalue weighted by Crippen LogP contribution is 2.35. The highest BCUT2D eigenvalue weighted by Gasteiger charge is 2.37. The molecule has 4 heteroatoms. The standard InChI is InChI=1S/C14H24N4/c1-11(2)15-8-12-9-18(10-16-12)14-5-7-17-6-3-4-13(14)17/h9-11,13-15H,3-8H2,1-2H3. The lowest BCUT2D eigenvalue weighted by molar-refractivity contribution is 0.290. The van der Waals surface area contributed by atoms with Gasteiger partial charge in [-0.2, -0.15) is 0 Å². The third-order valence-electron chi connectivity index (χ3n) is 4.30. The summed E-state index contributed by atoms with van der Waals surface area (Å²) in [5.74, 6) is 0. The Morgan fingerprint density at radius 3 is 3.06 bits per heavy atom. The van der Waals surface area contributed by atoms with Crippen molar-refractivity contribution < 1.29 is 0 Å². The topological polar surface area (TPSA) is 33.1 Å². The maximum absolute atomic E-state index is 4.53. The molecule has 1 aromatic rings. The van der Waals surface area contributed by atoms with Crippen molar-refractivity contribution in [3.8, 4) is 0 Å². The van der Waals surface area contributed by atoms with E-state index in [0.29, 0.717) is 12.1 Å². The minimum Gasteiger partial charge on any atom is -0.332 e. The molecule has 2 aliphatic rings. The maximum atomic E-state index is 4.53. The summed E-state index contributed by atoms with van der Waals surface area (Å²) in [6, 6.07) is 1.95. The van der Waals surface area contributed by atoms with E-state index in [4.69, 9.17) is 0 Å². The molecule has 1 aromatic heterocycles. The zero-order valence-electron chi connectivity index (χ0n) is 11.5. The van der Waals surface area contributed by atoms with Crippen LogP contribution in [0.2, 0.25) is 0 Å². The fraction of sp³-hybridized carbons (Fsp3) is 0.786. The molecule has 0 aromatic carbocycles. The van der Waals surface area contributed by atoms with Crippen LogP contribution in [0.1, 0.15) is 44.8 Å². The smallest absolute Gasteiger partial charge is 0.0953 e. The molecule has 2 saturated heterocycles. The van der Waals surface area contributed by atoms with Gasteiger partial charge in [0.1, 0.15) is 0 Å². The largest absolute Gasteiger partial charge is 0.332 e. The fourth-order valence-electron chi connectivity index (χ4n) is 3.36. The molecular formula is C14H24N4. The van der Waals surface area contributed by atoms with E-state index in [2.05, 4.69) is 39.8 Å². The maximum Gasteiger partial charge on any atom is 0.0953 e. The molecule has 0 saturated carbocycles. The first kappa shape index (κ1) is 12.2. The van der Waals surface area contributed by atoms with Crippen molar-refractivity contribution in [3.05, 3.63) is 18.2 Å². The van der Waals surface area contributed by atoms with E-state index in [1.165, 1.54) is 38.0 Å². The molecule has 3 rings (SSSR count). The summed E-state index contributed by atoms with van der Waals surface area (Å²) < 4.78 is 2.35. The van der Waals surface area contributed by atoms with E-state index in [1.54, 1.807) is 0 Å². The minimum atomic E-state index is 0.520. The van der Waals surface area contributed by atoms with Gasteiger partial charge in [0, 0.05) is 31.4 Å². The summed E-state index contributed by atoms with van der Waals surface area (Å²) in [6.07, 6.45) is 8.30. The lowest BCUT2D eigenvalue weighted by Gasteiger charge is -2.21. The van der Waals surface area contributed by atoms with Crippen LogP contribution in [-0.2, 0) is 6.54 Å². The van der Waals surface area contributed by atoms with Crippen molar-refractivity contribution in [2.24, 2.45) is 0 Å². The molecular weight excluding hydrogens is 224 g/mol. The minimum absolute atomic E-state index is 0.520. The molecule has 0 radical (unpaired) electrons. The molecule has 2 unspecified atom stereocenters. The van der Waals surface area contributed by atoms with Crippen molar-refractivity contribution in [1.29, 1.82) is 0 Å². The van der Waals surface area contributed by atoms with E-state index in [9.17, 15) is 0 Å². The summed E-state index contributed by atoms with van der Waals surface area (Å²) >= 11 is 0. The molecule has 100 valence electrons. The first-order valence-corrected chi connectivity index (χ1v) is 7.24. The Bertz CT molecular complexity index is 398. The lowest BCUT2D eigenvalue weighted by atomic mass is 10.1. The summed E-state index contributed by atoms with van der Waals surface area (Å²) in [6.45, 7) is 7.80. The van der Waals surface area contributed by atoms with Crippen molar-refractivity contribution in [3.63, 3.8) is 0 Å².